The van der Waals surface area contributed by atoms with Crippen molar-refractivity contribution >= 4 is 33.6 Å². The smallest absolute Gasteiger partial charge is 0.389 e. The molecule has 1 saturated carbocycles. The van der Waals surface area contributed by atoms with Crippen molar-refractivity contribution in [1.82, 2.24) is 10.6 Å². The molecule has 8 nitrogen and oxygen atoms in total. The molecule has 2 fully saturated rings. The van der Waals surface area contributed by atoms with Gasteiger partial charge in [-0.2, -0.15) is 13.2 Å². The molecule has 4 rings (SSSR count). The van der Waals surface area contributed by atoms with Crippen LogP contribution in [0.4, 0.5) is 13.2 Å². The number of nitrogens with zero attached hydrogens (tertiary/aromatic N) is 1. The highest BCUT2D eigenvalue weighted by Crippen LogP contribution is 2.39. The molecule has 0 aromatic heterocycles. The molecule has 1 aromatic carbocycles. The van der Waals surface area contributed by atoms with Crippen molar-refractivity contribution in [2.75, 3.05) is 13.1 Å². The summed E-state index contributed by atoms with van der Waals surface area (Å²) in [7, 11) is -3.98. The number of carbonyl (C=O) groups excluding carboxylic acids is 1. The summed E-state index contributed by atoms with van der Waals surface area (Å²) in [5.74, 6) is -1.24. The van der Waals surface area contributed by atoms with Gasteiger partial charge in [-0.1, -0.05) is 0 Å². The predicted octanol–water partition coefficient (Wildman–Crippen LogP) is 4.17. The number of carboxylic acid groups (broad SMARTS) is 1. The van der Waals surface area contributed by atoms with E-state index < -0.39 is 45.1 Å². The molecule has 1 aromatic rings. The second-order valence-electron chi connectivity index (χ2n) is 10.9. The predicted molar refractivity (Wildman–Crippen MR) is 141 cm³/mol. The average molecular weight is 570 g/mol. The van der Waals surface area contributed by atoms with Crippen molar-refractivity contribution in [3.8, 4) is 0 Å². The molecule has 1 amide bonds. The number of carbonyl (C=O) groups is 2. The summed E-state index contributed by atoms with van der Waals surface area (Å²) < 4.78 is 65.0. The van der Waals surface area contributed by atoms with Crippen LogP contribution < -0.4 is 10.6 Å². The van der Waals surface area contributed by atoms with Crippen LogP contribution in [0.3, 0.4) is 0 Å². The lowest BCUT2D eigenvalue weighted by atomic mass is 9.79. The zero-order valence-corrected chi connectivity index (χ0v) is 22.8. The van der Waals surface area contributed by atoms with Crippen LogP contribution in [0.1, 0.15) is 72.0 Å². The number of rotatable bonds is 7. The molecule has 2 heterocycles. The fourth-order valence-corrected chi connectivity index (χ4v) is 7.73. The van der Waals surface area contributed by atoms with Gasteiger partial charge in [0.15, 0.2) is 15.4 Å². The molecule has 1 saturated heterocycles. The van der Waals surface area contributed by atoms with Gasteiger partial charge in [-0.3, -0.25) is 9.79 Å². The molecular weight excluding hydrogens is 535 g/mol. The molecule has 214 valence electrons. The minimum atomic E-state index is -4.17. The van der Waals surface area contributed by atoms with Gasteiger partial charge in [0.2, 0.25) is 0 Å². The summed E-state index contributed by atoms with van der Waals surface area (Å²) in [6.45, 7) is 3.86. The first-order valence-corrected chi connectivity index (χ1v) is 14.8. The van der Waals surface area contributed by atoms with Crippen LogP contribution in [-0.4, -0.2) is 61.3 Å². The number of aryl methyl sites for hydroxylation is 2. The Morgan fingerprint density at radius 3 is 2.41 bits per heavy atom. The van der Waals surface area contributed by atoms with Crippen LogP contribution in [-0.2, 0) is 14.6 Å². The number of sulfone groups is 1. The van der Waals surface area contributed by atoms with E-state index in [0.717, 1.165) is 5.41 Å². The van der Waals surface area contributed by atoms with E-state index in [-0.39, 0.29) is 36.8 Å². The van der Waals surface area contributed by atoms with Gasteiger partial charge in [0.1, 0.15) is 11.1 Å². The van der Waals surface area contributed by atoms with E-state index in [1.165, 1.54) is 18.2 Å². The summed E-state index contributed by atoms with van der Waals surface area (Å²) >= 11 is 0. The number of hydrogen-bond donors (Lipinski definition) is 3. The monoisotopic (exact) mass is 569 g/mol. The van der Waals surface area contributed by atoms with E-state index in [9.17, 15) is 36.3 Å². The number of benzene rings is 1. The maximum Gasteiger partial charge on any atom is 0.389 e. The second kappa shape index (κ2) is 11.0. The lowest BCUT2D eigenvalue weighted by molar-refractivity contribution is -0.138. The fraction of sp³-hybridized carbons (Fsp3) is 0.593. The van der Waals surface area contributed by atoms with Gasteiger partial charge in [-0.25, -0.2) is 13.2 Å². The first-order chi connectivity index (χ1) is 18.2. The molecule has 1 aliphatic carbocycles. The second-order valence-corrected chi connectivity index (χ2v) is 12.9. The summed E-state index contributed by atoms with van der Waals surface area (Å²) in [6.07, 6.45) is -0.838. The third-order valence-corrected chi connectivity index (χ3v) is 10.1. The van der Waals surface area contributed by atoms with Crippen molar-refractivity contribution in [3.05, 3.63) is 39.8 Å². The first-order valence-electron chi connectivity index (χ1n) is 13.2. The van der Waals surface area contributed by atoms with E-state index in [1.807, 2.05) is 0 Å². The number of piperidine rings is 1. The van der Waals surface area contributed by atoms with Crippen molar-refractivity contribution in [3.63, 3.8) is 0 Å². The number of aromatic carboxylic acids is 1. The van der Waals surface area contributed by atoms with Crippen LogP contribution in [0.15, 0.2) is 22.5 Å². The molecular formula is C27H34F3N3O5S. The van der Waals surface area contributed by atoms with Gasteiger partial charge in [0.05, 0.1) is 5.56 Å². The largest absolute Gasteiger partial charge is 0.478 e. The van der Waals surface area contributed by atoms with E-state index in [1.54, 1.807) is 13.8 Å². The van der Waals surface area contributed by atoms with Gasteiger partial charge in [0.25, 0.3) is 5.91 Å². The van der Waals surface area contributed by atoms with E-state index in [0.29, 0.717) is 54.8 Å². The molecule has 1 spiro atoms. The third-order valence-electron chi connectivity index (χ3n) is 8.23. The van der Waals surface area contributed by atoms with E-state index in [4.69, 9.17) is 4.99 Å². The molecule has 3 aliphatic rings. The lowest BCUT2D eigenvalue weighted by Crippen LogP contribution is -2.60. The van der Waals surface area contributed by atoms with Crippen LogP contribution in [0.5, 0.6) is 0 Å². The quantitative estimate of drug-likeness (QED) is 0.453. The van der Waals surface area contributed by atoms with Crippen LogP contribution in [0.2, 0.25) is 0 Å². The summed E-state index contributed by atoms with van der Waals surface area (Å²) in [5.41, 5.74) is 0.442. The Labute approximate surface area is 226 Å². The van der Waals surface area contributed by atoms with Gasteiger partial charge in [-0.05, 0) is 99.7 Å². The zero-order chi connectivity index (χ0) is 28.6. The highest BCUT2D eigenvalue weighted by atomic mass is 32.2. The number of amides is 1. The van der Waals surface area contributed by atoms with Crippen LogP contribution >= 0.6 is 0 Å². The minimum absolute atomic E-state index is 0.0249. The topological polar surface area (TPSA) is 125 Å². The highest BCUT2D eigenvalue weighted by molar-refractivity contribution is 7.95. The van der Waals surface area contributed by atoms with E-state index in [2.05, 4.69) is 10.6 Å². The number of aliphatic imine (C=N–C) groups is 1. The number of halogens is 3. The molecule has 12 heteroatoms. The number of alkyl halides is 3. The van der Waals surface area contributed by atoms with Crippen molar-refractivity contribution < 1.29 is 36.3 Å². The van der Waals surface area contributed by atoms with Gasteiger partial charge < -0.3 is 15.7 Å². The molecule has 3 N–H and O–H groups in total. The zero-order valence-electron chi connectivity index (χ0n) is 22.0. The maximum atomic E-state index is 13.6. The van der Waals surface area contributed by atoms with Crippen molar-refractivity contribution in [1.29, 1.82) is 0 Å². The Morgan fingerprint density at radius 2 is 1.82 bits per heavy atom. The minimum Gasteiger partial charge on any atom is -0.478 e. The molecule has 39 heavy (non-hydrogen) atoms. The Kier molecular flexibility index (Phi) is 8.28. The maximum absolute atomic E-state index is 13.6. The van der Waals surface area contributed by atoms with Crippen molar-refractivity contribution in [2.45, 2.75) is 75.8 Å². The first kappa shape index (κ1) is 29.3. The molecule has 2 aliphatic heterocycles. The normalized spacial score (nSPS) is 28.1. The summed E-state index contributed by atoms with van der Waals surface area (Å²) in [4.78, 5) is 29.3. The number of amidine groups is 1. The highest BCUT2D eigenvalue weighted by Gasteiger charge is 2.56. The average Bonchev–Trinajstić information content (AvgIpc) is 3.17. The Hall–Kier alpha value is -2.73. The number of hydrogen-bond acceptors (Lipinski definition) is 6. The van der Waals surface area contributed by atoms with Gasteiger partial charge in [-0.15, -0.1) is 0 Å². The fourth-order valence-electron chi connectivity index (χ4n) is 6.04. The Balaban J connectivity index is 1.53. The van der Waals surface area contributed by atoms with Crippen molar-refractivity contribution in [2.24, 2.45) is 16.8 Å². The molecule has 2 atom stereocenters. The van der Waals surface area contributed by atoms with Crippen LogP contribution in [0.25, 0.3) is 6.08 Å². The lowest BCUT2D eigenvalue weighted by Gasteiger charge is -2.36. The number of nitrogens with one attached hydrogen (secondary N) is 2. The molecule has 2 unspecified atom stereocenters. The summed E-state index contributed by atoms with van der Waals surface area (Å²) in [5, 5.41) is 15.1. The standard InChI is InChI=1S/C27H34F3N3O5S/c1-16-13-20(24(34)35)14-17(2)21(16)8-12-39(37,38)22-15-31-11-10-26(22)25(36)32-23(33-26)19-5-3-18(4-6-19)7-9-27(28,29)30/h8,12-14,18-19,22,31H,3-7,9-11,15H2,1-2H3,(H,34,35)(H,32,33,36)/b12-8+. The Morgan fingerprint density at radius 1 is 1.18 bits per heavy atom. The SMILES string of the molecule is Cc1cc(C(=O)O)cc(C)c1/C=C/S(=O)(=O)C1CNCCC12N=C(C1CCC(CCC(F)(F)F)CC1)NC2=O. The third kappa shape index (κ3) is 6.37. The molecule has 0 radical (unpaired) electrons. The van der Waals surface area contributed by atoms with Gasteiger partial charge >= 0.3 is 12.1 Å². The van der Waals surface area contributed by atoms with Gasteiger partial charge in [0, 0.05) is 24.3 Å². The van der Waals surface area contributed by atoms with Crippen LogP contribution in [0, 0.1) is 25.7 Å². The number of carboxylic acids is 1. The van der Waals surface area contributed by atoms with E-state index >= 15 is 0 Å². The summed E-state index contributed by atoms with van der Waals surface area (Å²) in [6, 6.07) is 2.95. The molecule has 0 bridgehead atoms. The Bertz CT molecular complexity index is 1280.